The summed E-state index contributed by atoms with van der Waals surface area (Å²) in [7, 11) is -3.40. The highest BCUT2D eigenvalue weighted by molar-refractivity contribution is 7.88. The third kappa shape index (κ3) is 5.58. The summed E-state index contributed by atoms with van der Waals surface area (Å²) in [6.45, 7) is 2.19. The molecule has 0 spiro atoms. The van der Waals surface area contributed by atoms with E-state index in [4.69, 9.17) is 0 Å². The predicted octanol–water partition coefficient (Wildman–Crippen LogP) is 1.05. The van der Waals surface area contributed by atoms with Gasteiger partial charge in [-0.2, -0.15) is 0 Å². The Labute approximate surface area is 129 Å². The normalized spacial score (nSPS) is 18.2. The summed E-state index contributed by atoms with van der Waals surface area (Å²) < 4.78 is 26.4. The van der Waals surface area contributed by atoms with Crippen molar-refractivity contribution in [2.24, 2.45) is 5.92 Å². The van der Waals surface area contributed by atoms with Crippen molar-refractivity contribution in [3.8, 4) is 0 Å². The fraction of sp³-hybridized carbons (Fsp3) is 0.500. The number of nitrogens with zero attached hydrogens (tertiary/aromatic N) is 1. The smallest absolute Gasteiger partial charge is 0.269 e. The maximum Gasteiger partial charge on any atom is 0.269 e. The Morgan fingerprint density at radius 3 is 2.52 bits per heavy atom. The van der Waals surface area contributed by atoms with Crippen LogP contribution in [0.1, 0.15) is 12.0 Å². The molecule has 21 heavy (non-hydrogen) atoms. The number of halogens is 1. The zero-order valence-corrected chi connectivity index (χ0v) is 13.0. The first-order valence-corrected chi connectivity index (χ1v) is 8.03. The van der Waals surface area contributed by atoms with Crippen LogP contribution in [0.15, 0.2) is 24.3 Å². The average molecular weight is 336 g/mol. The topological polar surface area (TPSA) is 101 Å². The van der Waals surface area contributed by atoms with Crippen LogP contribution in [0.2, 0.25) is 0 Å². The van der Waals surface area contributed by atoms with Crippen molar-refractivity contribution >= 4 is 28.1 Å². The Balaban J connectivity index is 0.00000220. The summed E-state index contributed by atoms with van der Waals surface area (Å²) >= 11 is 0. The number of non-ortho nitro benzene ring substituents is 1. The molecule has 0 saturated carbocycles. The fourth-order valence-corrected chi connectivity index (χ4v) is 3.34. The van der Waals surface area contributed by atoms with Crippen LogP contribution in [0.4, 0.5) is 5.69 Å². The number of nitro groups is 1. The molecule has 1 fully saturated rings. The molecule has 1 aliphatic rings. The molecule has 118 valence electrons. The molecular formula is C12H18ClN3O4S. The van der Waals surface area contributed by atoms with Crippen molar-refractivity contribution in [1.82, 2.24) is 10.0 Å². The number of hydrogen-bond donors (Lipinski definition) is 2. The van der Waals surface area contributed by atoms with Crippen molar-refractivity contribution in [1.29, 1.82) is 0 Å². The largest absolute Gasteiger partial charge is 0.316 e. The van der Waals surface area contributed by atoms with Crippen LogP contribution >= 0.6 is 12.4 Å². The molecule has 7 nitrogen and oxygen atoms in total. The molecule has 0 aliphatic carbocycles. The van der Waals surface area contributed by atoms with E-state index < -0.39 is 14.9 Å². The Bertz CT molecular complexity index is 571. The Morgan fingerprint density at radius 2 is 2.00 bits per heavy atom. The Morgan fingerprint density at radius 1 is 1.33 bits per heavy atom. The van der Waals surface area contributed by atoms with Crippen LogP contribution in [0.3, 0.4) is 0 Å². The molecule has 1 heterocycles. The quantitative estimate of drug-likeness (QED) is 0.597. The van der Waals surface area contributed by atoms with E-state index in [2.05, 4.69) is 10.0 Å². The van der Waals surface area contributed by atoms with E-state index in [1.807, 2.05) is 0 Å². The summed E-state index contributed by atoms with van der Waals surface area (Å²) in [4.78, 5) is 10.0. The van der Waals surface area contributed by atoms with Gasteiger partial charge in [0.2, 0.25) is 10.0 Å². The molecule has 9 heteroatoms. The van der Waals surface area contributed by atoms with E-state index >= 15 is 0 Å². The maximum absolute atomic E-state index is 11.9. The van der Waals surface area contributed by atoms with E-state index in [9.17, 15) is 18.5 Å². The zero-order chi connectivity index (χ0) is 14.6. The highest BCUT2D eigenvalue weighted by atomic mass is 35.5. The van der Waals surface area contributed by atoms with Gasteiger partial charge in [0.1, 0.15) is 0 Å². The predicted molar refractivity (Wildman–Crippen MR) is 81.9 cm³/mol. The summed E-state index contributed by atoms with van der Waals surface area (Å²) in [6, 6.07) is 5.56. The molecule has 1 atom stereocenters. The number of rotatable bonds is 6. The monoisotopic (exact) mass is 335 g/mol. The lowest BCUT2D eigenvalue weighted by Crippen LogP contribution is -2.31. The first-order chi connectivity index (χ1) is 9.46. The van der Waals surface area contributed by atoms with Gasteiger partial charge in [-0.1, -0.05) is 12.1 Å². The van der Waals surface area contributed by atoms with E-state index in [1.165, 1.54) is 24.3 Å². The minimum absolute atomic E-state index is 0. The van der Waals surface area contributed by atoms with E-state index in [-0.39, 0.29) is 23.8 Å². The van der Waals surface area contributed by atoms with Gasteiger partial charge in [-0.3, -0.25) is 10.1 Å². The van der Waals surface area contributed by atoms with Gasteiger partial charge in [0.25, 0.3) is 5.69 Å². The second-order valence-electron chi connectivity index (χ2n) is 4.89. The molecule has 0 amide bonds. The molecule has 0 aromatic heterocycles. The van der Waals surface area contributed by atoms with Gasteiger partial charge in [-0.05, 0) is 31.0 Å². The number of hydrogen-bond acceptors (Lipinski definition) is 5. The maximum atomic E-state index is 11.9. The van der Waals surface area contributed by atoms with E-state index in [0.29, 0.717) is 18.0 Å². The van der Waals surface area contributed by atoms with Gasteiger partial charge in [0, 0.05) is 18.7 Å². The van der Waals surface area contributed by atoms with Crippen molar-refractivity contribution < 1.29 is 13.3 Å². The number of nitrogens with one attached hydrogen (secondary N) is 2. The number of nitro benzene ring substituents is 1. The third-order valence-corrected chi connectivity index (χ3v) is 4.58. The van der Waals surface area contributed by atoms with Crippen LogP contribution in [-0.4, -0.2) is 33.0 Å². The summed E-state index contributed by atoms with van der Waals surface area (Å²) in [5.74, 6) is 0.173. The van der Waals surface area contributed by atoms with Gasteiger partial charge in [0.05, 0.1) is 10.7 Å². The lowest BCUT2D eigenvalue weighted by molar-refractivity contribution is -0.384. The molecule has 0 radical (unpaired) electrons. The van der Waals surface area contributed by atoms with Crippen molar-refractivity contribution in [2.75, 3.05) is 19.6 Å². The van der Waals surface area contributed by atoms with Crippen LogP contribution in [0, 0.1) is 16.0 Å². The fourth-order valence-electron chi connectivity index (χ4n) is 2.12. The first-order valence-electron chi connectivity index (χ1n) is 6.38. The summed E-state index contributed by atoms with van der Waals surface area (Å²) in [6.07, 6.45) is 0.972. The standard InChI is InChI=1S/C12H17N3O4S.ClH/c16-15(17)12-3-1-10(2-4-12)9-20(18,19)14-8-11-5-6-13-7-11;/h1-4,11,13-14H,5-9H2;1H. The van der Waals surface area contributed by atoms with Crippen molar-refractivity contribution in [3.05, 3.63) is 39.9 Å². The first kappa shape index (κ1) is 17.8. The molecule has 1 aromatic carbocycles. The Hall–Kier alpha value is -1.22. The molecular weight excluding hydrogens is 318 g/mol. The van der Waals surface area contributed by atoms with Crippen LogP contribution in [0.5, 0.6) is 0 Å². The van der Waals surface area contributed by atoms with E-state index in [1.54, 1.807) is 0 Å². The second-order valence-corrected chi connectivity index (χ2v) is 6.70. The van der Waals surface area contributed by atoms with Gasteiger partial charge >= 0.3 is 0 Å². The number of benzene rings is 1. The average Bonchev–Trinajstić information content (AvgIpc) is 2.90. The van der Waals surface area contributed by atoms with Crippen LogP contribution < -0.4 is 10.0 Å². The molecule has 1 saturated heterocycles. The van der Waals surface area contributed by atoms with Gasteiger partial charge in [-0.25, -0.2) is 13.1 Å². The highest BCUT2D eigenvalue weighted by Crippen LogP contribution is 2.14. The molecule has 2 N–H and O–H groups in total. The van der Waals surface area contributed by atoms with Crippen LogP contribution in [0.25, 0.3) is 0 Å². The minimum atomic E-state index is -3.40. The van der Waals surface area contributed by atoms with Crippen LogP contribution in [-0.2, 0) is 15.8 Å². The molecule has 1 aliphatic heterocycles. The van der Waals surface area contributed by atoms with Gasteiger partial charge in [-0.15, -0.1) is 12.4 Å². The van der Waals surface area contributed by atoms with Crippen molar-refractivity contribution in [3.63, 3.8) is 0 Å². The van der Waals surface area contributed by atoms with E-state index in [0.717, 1.165) is 19.5 Å². The minimum Gasteiger partial charge on any atom is -0.316 e. The SMILES string of the molecule is Cl.O=[N+]([O-])c1ccc(CS(=O)(=O)NCC2CCNC2)cc1. The zero-order valence-electron chi connectivity index (χ0n) is 11.3. The lowest BCUT2D eigenvalue weighted by atomic mass is 10.1. The molecule has 1 aromatic rings. The summed E-state index contributed by atoms with van der Waals surface area (Å²) in [5, 5.41) is 13.7. The highest BCUT2D eigenvalue weighted by Gasteiger charge is 2.18. The summed E-state index contributed by atoms with van der Waals surface area (Å²) in [5.41, 5.74) is 0.490. The second kappa shape index (κ2) is 7.69. The lowest BCUT2D eigenvalue weighted by Gasteiger charge is -2.10. The molecule has 2 rings (SSSR count). The van der Waals surface area contributed by atoms with Crippen molar-refractivity contribution in [2.45, 2.75) is 12.2 Å². The molecule has 0 bridgehead atoms. The van der Waals surface area contributed by atoms with Gasteiger partial charge < -0.3 is 5.32 Å². The Kier molecular flexibility index (Phi) is 6.53. The number of sulfonamides is 1. The molecule has 1 unspecified atom stereocenters. The van der Waals surface area contributed by atoms with Gasteiger partial charge in [0.15, 0.2) is 0 Å². The third-order valence-electron chi connectivity index (χ3n) is 3.26.